The molecule has 0 saturated carbocycles. The quantitative estimate of drug-likeness (QED) is 0.272. The molecule has 0 bridgehead atoms. The summed E-state index contributed by atoms with van der Waals surface area (Å²) in [6.45, 7) is -0.193. The molecule has 10 heteroatoms. The number of ether oxygens (including phenoxy) is 4. The Bertz CT molecular complexity index is 1460. The summed E-state index contributed by atoms with van der Waals surface area (Å²) < 4.78 is 24.1. The van der Waals surface area contributed by atoms with Crippen molar-refractivity contribution in [3.63, 3.8) is 0 Å². The highest BCUT2D eigenvalue weighted by molar-refractivity contribution is 5.49. The van der Waals surface area contributed by atoms with Crippen molar-refractivity contribution in [3.05, 3.63) is 129 Å². The third-order valence-electron chi connectivity index (χ3n) is 7.12. The summed E-state index contributed by atoms with van der Waals surface area (Å²) in [6, 6.07) is 25.6. The van der Waals surface area contributed by atoms with E-state index in [1.54, 1.807) is 14.2 Å². The fourth-order valence-electron chi connectivity index (χ4n) is 5.04. The first kappa shape index (κ1) is 27.4. The summed E-state index contributed by atoms with van der Waals surface area (Å²) in [4.78, 5) is 27.1. The Balaban J connectivity index is 1.57. The fourth-order valence-corrected chi connectivity index (χ4v) is 5.04. The van der Waals surface area contributed by atoms with Gasteiger partial charge in [0.1, 0.15) is 35.4 Å². The van der Waals surface area contributed by atoms with Crippen molar-refractivity contribution < 1.29 is 29.2 Å². The van der Waals surface area contributed by atoms with E-state index in [-0.39, 0.29) is 6.61 Å². The topological polar surface area (TPSA) is 132 Å². The maximum atomic E-state index is 12.4. The van der Waals surface area contributed by atoms with E-state index in [0.717, 1.165) is 27.3 Å². The number of methoxy groups -OCH3 is 2. The Morgan fingerprint density at radius 2 is 1.35 bits per heavy atom. The molecule has 0 spiro atoms. The molecule has 0 radical (unpaired) electrons. The number of rotatable bonds is 9. The van der Waals surface area contributed by atoms with Gasteiger partial charge in [0, 0.05) is 12.3 Å². The Hall–Kier alpha value is -4.22. The van der Waals surface area contributed by atoms with E-state index in [1.165, 1.54) is 6.20 Å². The highest BCUT2D eigenvalue weighted by Gasteiger charge is 2.47. The molecule has 3 aromatic carbocycles. The average molecular weight is 547 g/mol. The van der Waals surface area contributed by atoms with Gasteiger partial charge in [0.15, 0.2) is 6.23 Å². The molecule has 10 nitrogen and oxygen atoms in total. The van der Waals surface area contributed by atoms with Gasteiger partial charge >= 0.3 is 5.69 Å². The smallest absolute Gasteiger partial charge is 0.330 e. The van der Waals surface area contributed by atoms with Crippen LogP contribution in [0, 0.1) is 0 Å². The van der Waals surface area contributed by atoms with Crippen LogP contribution in [0.3, 0.4) is 0 Å². The van der Waals surface area contributed by atoms with Crippen molar-refractivity contribution in [2.45, 2.75) is 30.1 Å². The highest BCUT2D eigenvalue weighted by Crippen LogP contribution is 2.42. The minimum absolute atomic E-state index is 0.193. The minimum Gasteiger partial charge on any atom is -0.497 e. The van der Waals surface area contributed by atoms with E-state index in [4.69, 9.17) is 18.9 Å². The van der Waals surface area contributed by atoms with Crippen LogP contribution >= 0.6 is 0 Å². The van der Waals surface area contributed by atoms with Crippen molar-refractivity contribution >= 4 is 0 Å². The first-order valence-electron chi connectivity index (χ1n) is 12.7. The zero-order valence-electron chi connectivity index (χ0n) is 22.0. The second kappa shape index (κ2) is 11.5. The number of aromatic amines is 1. The van der Waals surface area contributed by atoms with Gasteiger partial charge in [-0.3, -0.25) is 4.79 Å². The van der Waals surface area contributed by atoms with Crippen LogP contribution in [0.15, 0.2) is 101 Å². The van der Waals surface area contributed by atoms with E-state index in [2.05, 4.69) is 4.98 Å². The van der Waals surface area contributed by atoms with E-state index < -0.39 is 41.4 Å². The van der Waals surface area contributed by atoms with Crippen LogP contribution in [-0.4, -0.2) is 58.9 Å². The molecule has 1 aliphatic heterocycles. The maximum Gasteiger partial charge on any atom is 0.330 e. The molecule has 1 aromatic heterocycles. The number of aliphatic hydroxyl groups is 2. The lowest BCUT2D eigenvalue weighted by atomic mass is 9.80. The van der Waals surface area contributed by atoms with E-state index in [0.29, 0.717) is 11.5 Å². The van der Waals surface area contributed by atoms with Crippen LogP contribution < -0.4 is 20.7 Å². The molecule has 2 heterocycles. The molecule has 4 atom stereocenters. The third kappa shape index (κ3) is 4.93. The first-order valence-corrected chi connectivity index (χ1v) is 12.7. The van der Waals surface area contributed by atoms with Crippen LogP contribution in [0.4, 0.5) is 0 Å². The predicted molar refractivity (Wildman–Crippen MR) is 146 cm³/mol. The molecule has 0 amide bonds. The van der Waals surface area contributed by atoms with Gasteiger partial charge in [-0.15, -0.1) is 0 Å². The van der Waals surface area contributed by atoms with Gasteiger partial charge in [0.05, 0.1) is 20.8 Å². The second-order valence-corrected chi connectivity index (χ2v) is 9.35. The van der Waals surface area contributed by atoms with Gasteiger partial charge in [-0.1, -0.05) is 54.6 Å². The summed E-state index contributed by atoms with van der Waals surface area (Å²) in [6.07, 6.45) is -4.22. The zero-order valence-corrected chi connectivity index (χ0v) is 22.0. The van der Waals surface area contributed by atoms with Gasteiger partial charge in [-0.25, -0.2) is 9.36 Å². The Labute approximate surface area is 230 Å². The zero-order chi connectivity index (χ0) is 28.3. The summed E-state index contributed by atoms with van der Waals surface area (Å²) in [5.41, 5.74) is -0.287. The Morgan fingerprint density at radius 3 is 1.88 bits per heavy atom. The normalized spacial score (nSPS) is 20.8. The van der Waals surface area contributed by atoms with Gasteiger partial charge in [-0.2, -0.15) is 0 Å². The van der Waals surface area contributed by atoms with Crippen LogP contribution in [-0.2, 0) is 15.1 Å². The number of aromatic nitrogens is 2. The number of benzene rings is 3. The van der Waals surface area contributed by atoms with Crippen molar-refractivity contribution in [1.29, 1.82) is 0 Å². The number of nitrogens with zero attached hydrogens (tertiary/aromatic N) is 1. The van der Waals surface area contributed by atoms with Crippen molar-refractivity contribution in [1.82, 2.24) is 9.55 Å². The van der Waals surface area contributed by atoms with Crippen LogP contribution in [0.25, 0.3) is 0 Å². The predicted octanol–water partition coefficient (Wildman–Crippen LogP) is 2.18. The molecule has 1 fully saturated rings. The number of H-pyrrole nitrogens is 1. The number of hydrogen-bond donors (Lipinski definition) is 3. The summed E-state index contributed by atoms with van der Waals surface area (Å²) >= 11 is 0. The molecule has 0 aliphatic carbocycles. The van der Waals surface area contributed by atoms with Gasteiger partial charge in [-0.05, 0) is 41.0 Å². The Kier molecular flexibility index (Phi) is 7.85. The van der Waals surface area contributed by atoms with Crippen molar-refractivity contribution in [2.24, 2.45) is 0 Å². The van der Waals surface area contributed by atoms with E-state index in [9.17, 15) is 19.8 Å². The minimum atomic E-state index is -1.54. The van der Waals surface area contributed by atoms with Crippen LogP contribution in [0.1, 0.15) is 22.9 Å². The molecule has 5 rings (SSSR count). The van der Waals surface area contributed by atoms with Crippen molar-refractivity contribution in [2.75, 3.05) is 20.8 Å². The third-order valence-corrected chi connectivity index (χ3v) is 7.12. The largest absolute Gasteiger partial charge is 0.497 e. The number of hydrogen-bond acceptors (Lipinski definition) is 8. The molecular weight excluding hydrogens is 516 g/mol. The number of nitrogens with one attached hydrogen (secondary N) is 1. The average Bonchev–Trinajstić information content (AvgIpc) is 3.27. The van der Waals surface area contributed by atoms with E-state index in [1.807, 2.05) is 78.9 Å². The summed E-state index contributed by atoms with van der Waals surface area (Å²) in [5.74, 6) is 1.33. The molecule has 4 aromatic rings. The van der Waals surface area contributed by atoms with Crippen LogP contribution in [0.5, 0.6) is 11.5 Å². The molecule has 208 valence electrons. The van der Waals surface area contributed by atoms with Gasteiger partial charge in [0.25, 0.3) is 5.56 Å². The van der Waals surface area contributed by atoms with Crippen LogP contribution in [0.2, 0.25) is 0 Å². The van der Waals surface area contributed by atoms with E-state index >= 15 is 0 Å². The highest BCUT2D eigenvalue weighted by atomic mass is 16.6. The maximum absolute atomic E-state index is 12.4. The fraction of sp³-hybridized carbons (Fsp3) is 0.267. The number of aliphatic hydroxyl groups excluding tert-OH is 2. The standard InChI is InChI=1S/C30H30N2O8/c1-37-22-12-8-20(9-13-22)30(19-6-4-3-5-7-19,21-10-14-23(38-2)15-11-21)39-18-24-26(34)27(35)28(40-24)32-25(33)16-17-31-29(32)36/h3-17,24,26-28,34-35H,18H2,1-2H3,(H,31,36)/t24-,26-,27-,28-/m1/s1. The molecule has 0 unspecified atom stereocenters. The Morgan fingerprint density at radius 1 is 0.800 bits per heavy atom. The molecule has 1 aliphatic rings. The molecule has 3 N–H and O–H groups in total. The molecular formula is C30H30N2O8. The second-order valence-electron chi connectivity index (χ2n) is 9.35. The summed E-state index contributed by atoms with van der Waals surface area (Å²) in [7, 11) is 3.17. The monoisotopic (exact) mass is 546 g/mol. The lowest BCUT2D eigenvalue weighted by Gasteiger charge is -2.37. The SMILES string of the molecule is COc1ccc(C(OC[C@H]2O[C@@H](n3c(=O)cc[nH]c3=O)[C@H](O)[C@@H]2O)(c2ccccc2)c2ccc(OC)cc2)cc1. The lowest BCUT2D eigenvalue weighted by Crippen LogP contribution is -2.42. The van der Waals surface area contributed by atoms with Gasteiger partial charge < -0.3 is 34.1 Å². The molecule has 1 saturated heterocycles. The lowest BCUT2D eigenvalue weighted by molar-refractivity contribution is -0.0965. The molecule has 40 heavy (non-hydrogen) atoms. The first-order chi connectivity index (χ1) is 19.4. The summed E-state index contributed by atoms with van der Waals surface area (Å²) in [5, 5.41) is 21.7. The van der Waals surface area contributed by atoms with Crippen molar-refractivity contribution in [3.8, 4) is 11.5 Å². The van der Waals surface area contributed by atoms with Gasteiger partial charge in [0.2, 0.25) is 0 Å².